The van der Waals surface area contributed by atoms with E-state index in [1.54, 1.807) is 11.0 Å². The van der Waals surface area contributed by atoms with Crippen molar-refractivity contribution in [1.29, 1.82) is 0 Å². The summed E-state index contributed by atoms with van der Waals surface area (Å²) in [6, 6.07) is 7.46. The summed E-state index contributed by atoms with van der Waals surface area (Å²) in [6.45, 7) is 5.46. The number of rotatable bonds is 8. The van der Waals surface area contributed by atoms with Crippen LogP contribution < -0.4 is 15.4 Å². The fraction of sp³-hybridized carbons (Fsp3) is 0.417. The molecule has 0 radical (unpaired) electrons. The number of piperazine rings is 1. The molecule has 0 unspecified atom stereocenters. The third-order valence-electron chi connectivity index (χ3n) is 5.46. The second-order valence-corrected chi connectivity index (χ2v) is 8.54. The molecule has 1 saturated heterocycles. The Kier molecular flexibility index (Phi) is 9.29. The molecule has 34 heavy (non-hydrogen) atoms. The highest BCUT2D eigenvalue weighted by atomic mass is 32.1. The van der Waals surface area contributed by atoms with E-state index in [-0.39, 0.29) is 28.0 Å². The molecule has 2 aromatic rings. The van der Waals surface area contributed by atoms with E-state index in [9.17, 15) is 14.0 Å². The number of anilines is 1. The lowest BCUT2D eigenvalue weighted by Gasteiger charge is -2.32. The average molecular weight is 488 g/mol. The number of halogens is 1. The molecule has 0 atom stereocenters. The lowest BCUT2D eigenvalue weighted by molar-refractivity contribution is 0.0657. The van der Waals surface area contributed by atoms with E-state index in [1.807, 2.05) is 7.05 Å². The maximum Gasteiger partial charge on any atom is 0.272 e. The van der Waals surface area contributed by atoms with E-state index in [2.05, 4.69) is 27.4 Å². The number of carbonyl (C=O) groups excluding carboxylic acids is 2. The third kappa shape index (κ3) is 7.19. The minimum absolute atomic E-state index is 0.0126. The number of unbranched alkanes of at least 4 members (excludes halogenated alkanes) is 2. The topological polar surface area (TPSA) is 86.8 Å². The van der Waals surface area contributed by atoms with Gasteiger partial charge in [0, 0.05) is 44.1 Å². The van der Waals surface area contributed by atoms with Crippen LogP contribution in [0, 0.1) is 5.82 Å². The average Bonchev–Trinajstić information content (AvgIpc) is 2.83. The van der Waals surface area contributed by atoms with Crippen LogP contribution in [0.5, 0.6) is 5.75 Å². The summed E-state index contributed by atoms with van der Waals surface area (Å²) in [5.74, 6) is -0.980. The van der Waals surface area contributed by atoms with Gasteiger partial charge in [-0.2, -0.15) is 0 Å². The van der Waals surface area contributed by atoms with Crippen molar-refractivity contribution >= 4 is 34.8 Å². The molecule has 1 aromatic carbocycles. The van der Waals surface area contributed by atoms with Crippen LogP contribution in [0.15, 0.2) is 36.5 Å². The van der Waals surface area contributed by atoms with Gasteiger partial charge in [0.25, 0.3) is 11.8 Å². The van der Waals surface area contributed by atoms with E-state index in [0.29, 0.717) is 25.4 Å². The smallest absolute Gasteiger partial charge is 0.272 e. The van der Waals surface area contributed by atoms with Crippen LogP contribution in [0.1, 0.15) is 47.0 Å². The number of hydrogen-bond acceptors (Lipinski definition) is 6. The first-order chi connectivity index (χ1) is 16.4. The Morgan fingerprint density at radius 2 is 1.91 bits per heavy atom. The van der Waals surface area contributed by atoms with E-state index in [1.165, 1.54) is 30.5 Å². The lowest BCUT2D eigenvalue weighted by Crippen LogP contribution is -2.47. The van der Waals surface area contributed by atoms with Crippen molar-refractivity contribution in [3.63, 3.8) is 0 Å². The summed E-state index contributed by atoms with van der Waals surface area (Å²) in [4.78, 5) is 33.1. The van der Waals surface area contributed by atoms with Gasteiger partial charge in [0.1, 0.15) is 5.69 Å². The summed E-state index contributed by atoms with van der Waals surface area (Å²) in [5.41, 5.74) is 0.922. The first kappa shape index (κ1) is 25.5. The van der Waals surface area contributed by atoms with E-state index < -0.39 is 11.7 Å². The quantitative estimate of drug-likeness (QED) is 0.436. The summed E-state index contributed by atoms with van der Waals surface area (Å²) < 4.78 is 19.7. The molecule has 1 aliphatic heterocycles. The zero-order valence-corrected chi connectivity index (χ0v) is 20.3. The van der Waals surface area contributed by atoms with Gasteiger partial charge in [-0.1, -0.05) is 19.8 Å². The molecule has 0 spiro atoms. The van der Waals surface area contributed by atoms with Gasteiger partial charge in [-0.3, -0.25) is 19.9 Å². The van der Waals surface area contributed by atoms with E-state index >= 15 is 0 Å². The van der Waals surface area contributed by atoms with Gasteiger partial charge in [0.05, 0.1) is 12.2 Å². The highest BCUT2D eigenvalue weighted by Crippen LogP contribution is 2.21. The van der Waals surface area contributed by atoms with Gasteiger partial charge in [-0.05, 0) is 50.0 Å². The first-order valence-electron chi connectivity index (χ1n) is 11.4. The van der Waals surface area contributed by atoms with Crippen LogP contribution in [0.25, 0.3) is 0 Å². The molecular formula is C24H30FN5O3S. The molecule has 1 aliphatic rings. The number of aromatic nitrogens is 1. The number of nitrogens with zero attached hydrogens (tertiary/aromatic N) is 3. The van der Waals surface area contributed by atoms with Crippen molar-refractivity contribution < 1.29 is 18.7 Å². The zero-order chi connectivity index (χ0) is 24.5. The maximum absolute atomic E-state index is 14.3. The monoisotopic (exact) mass is 487 g/mol. The number of ether oxygens (including phenoxy) is 1. The van der Waals surface area contributed by atoms with Crippen molar-refractivity contribution in [1.82, 2.24) is 20.1 Å². The van der Waals surface area contributed by atoms with Gasteiger partial charge in [0.15, 0.2) is 16.7 Å². The van der Waals surface area contributed by atoms with Gasteiger partial charge in [-0.25, -0.2) is 4.39 Å². The van der Waals surface area contributed by atoms with Gasteiger partial charge < -0.3 is 19.9 Å². The number of nitrogens with one attached hydrogen (secondary N) is 2. The fourth-order valence-corrected chi connectivity index (χ4v) is 3.60. The maximum atomic E-state index is 14.3. The lowest BCUT2D eigenvalue weighted by atomic mass is 10.2. The zero-order valence-electron chi connectivity index (χ0n) is 19.5. The van der Waals surface area contributed by atoms with Crippen LogP contribution in [0.3, 0.4) is 0 Å². The second-order valence-electron chi connectivity index (χ2n) is 8.14. The molecule has 0 bridgehead atoms. The Morgan fingerprint density at radius 1 is 1.15 bits per heavy atom. The second kappa shape index (κ2) is 12.4. The molecule has 2 heterocycles. The molecule has 182 valence electrons. The predicted octanol–water partition coefficient (Wildman–Crippen LogP) is 3.30. The highest BCUT2D eigenvalue weighted by molar-refractivity contribution is 7.80. The summed E-state index contributed by atoms with van der Waals surface area (Å²) >= 11 is 5.17. The number of carbonyl (C=O) groups is 2. The van der Waals surface area contributed by atoms with E-state index in [4.69, 9.17) is 17.0 Å². The van der Waals surface area contributed by atoms with Crippen molar-refractivity contribution in [2.24, 2.45) is 0 Å². The van der Waals surface area contributed by atoms with Gasteiger partial charge >= 0.3 is 0 Å². The van der Waals surface area contributed by atoms with Crippen LogP contribution in [-0.4, -0.2) is 71.5 Å². The Balaban J connectivity index is 1.51. The van der Waals surface area contributed by atoms with Crippen molar-refractivity contribution in [3.8, 4) is 5.75 Å². The molecule has 3 rings (SSSR count). The Labute approximate surface area is 204 Å². The van der Waals surface area contributed by atoms with Crippen molar-refractivity contribution in [2.45, 2.75) is 26.2 Å². The van der Waals surface area contributed by atoms with Crippen LogP contribution >= 0.6 is 12.2 Å². The Morgan fingerprint density at radius 3 is 2.56 bits per heavy atom. The molecule has 0 aliphatic carbocycles. The van der Waals surface area contributed by atoms with E-state index in [0.717, 1.165) is 32.4 Å². The number of hydrogen-bond donors (Lipinski definition) is 2. The van der Waals surface area contributed by atoms with Crippen LogP contribution in [0.2, 0.25) is 0 Å². The molecular weight excluding hydrogens is 457 g/mol. The number of amides is 2. The number of benzene rings is 1. The number of thiocarbonyl (C=S) groups is 1. The SMILES string of the molecule is CCCCCOc1ccc(NC(=S)NC(=O)c2ccc(C(=O)N3CCN(C)CC3)nc2)cc1F. The van der Waals surface area contributed by atoms with Crippen molar-refractivity contribution in [3.05, 3.63) is 53.6 Å². The Bertz CT molecular complexity index is 1010. The van der Waals surface area contributed by atoms with Gasteiger partial charge in [-0.15, -0.1) is 0 Å². The third-order valence-corrected chi connectivity index (χ3v) is 5.66. The minimum Gasteiger partial charge on any atom is -0.491 e. The van der Waals surface area contributed by atoms with Crippen molar-refractivity contribution in [2.75, 3.05) is 45.2 Å². The molecule has 8 nitrogen and oxygen atoms in total. The fourth-order valence-electron chi connectivity index (χ4n) is 3.39. The molecule has 2 N–H and O–H groups in total. The minimum atomic E-state index is -0.513. The van der Waals surface area contributed by atoms with Crippen LogP contribution in [0.4, 0.5) is 10.1 Å². The molecule has 2 amide bonds. The summed E-state index contributed by atoms with van der Waals surface area (Å²) in [7, 11) is 2.02. The predicted molar refractivity (Wildman–Crippen MR) is 133 cm³/mol. The molecule has 1 aromatic heterocycles. The molecule has 0 saturated carbocycles. The molecule has 1 fully saturated rings. The molecule has 10 heteroatoms. The standard InChI is InChI=1S/C24H30FN5O3S/c1-3-4-5-14-33-21-9-7-18(15-19(21)25)27-24(34)28-22(31)17-6-8-20(26-16-17)23(32)30-12-10-29(2)11-13-30/h6-9,15-16H,3-5,10-14H2,1-2H3,(H2,27,28,31,34). The van der Waals surface area contributed by atoms with Crippen LogP contribution in [-0.2, 0) is 0 Å². The summed E-state index contributed by atoms with van der Waals surface area (Å²) in [6.07, 6.45) is 4.30. The Hall–Kier alpha value is -3.11. The number of pyridine rings is 1. The summed E-state index contributed by atoms with van der Waals surface area (Å²) in [5, 5.41) is 5.33. The number of likely N-dealkylation sites (N-methyl/N-ethyl adjacent to an activating group) is 1. The van der Waals surface area contributed by atoms with Gasteiger partial charge in [0.2, 0.25) is 0 Å². The largest absolute Gasteiger partial charge is 0.491 e. The normalized spacial score (nSPS) is 13.9. The first-order valence-corrected chi connectivity index (χ1v) is 11.8. The highest BCUT2D eigenvalue weighted by Gasteiger charge is 2.21.